The normalized spacial score (nSPS) is 17.6. The summed E-state index contributed by atoms with van der Waals surface area (Å²) >= 11 is 1.97. The van der Waals surface area contributed by atoms with E-state index in [0.29, 0.717) is 26.2 Å². The first-order valence-electron chi connectivity index (χ1n) is 11.6. The molecule has 0 atom stereocenters. The highest BCUT2D eigenvalue weighted by Gasteiger charge is 2.33. The Balaban J connectivity index is 1.61. The number of anilines is 1. The zero-order valence-corrected chi connectivity index (χ0v) is 20.2. The van der Waals surface area contributed by atoms with E-state index in [0.717, 1.165) is 48.4 Å². The number of pyridine rings is 1. The molecule has 1 fully saturated rings. The number of rotatable bonds is 5. The Morgan fingerprint density at radius 3 is 2.53 bits per heavy atom. The van der Waals surface area contributed by atoms with E-state index in [1.165, 1.54) is 16.8 Å². The van der Waals surface area contributed by atoms with Crippen molar-refractivity contribution in [3.8, 4) is 6.07 Å². The zero-order valence-electron chi connectivity index (χ0n) is 19.4. The van der Waals surface area contributed by atoms with Gasteiger partial charge in [-0.1, -0.05) is 45.4 Å². The Morgan fingerprint density at radius 1 is 1.16 bits per heavy atom. The Hall–Kier alpha value is -2.52. The first-order valence-corrected chi connectivity index (χ1v) is 12.6. The smallest absolute Gasteiger partial charge is 0.253 e. The fourth-order valence-electron chi connectivity index (χ4n) is 4.60. The molecule has 1 amide bonds. The van der Waals surface area contributed by atoms with E-state index in [9.17, 15) is 10.1 Å². The van der Waals surface area contributed by atoms with Gasteiger partial charge in [0.25, 0.3) is 5.91 Å². The molecule has 2 aliphatic heterocycles. The van der Waals surface area contributed by atoms with E-state index >= 15 is 0 Å². The molecular formula is C26H32N4OS. The summed E-state index contributed by atoms with van der Waals surface area (Å²) in [6, 6.07) is 12.0. The third kappa shape index (κ3) is 4.63. The minimum atomic E-state index is 0.0755. The molecule has 0 saturated carbocycles. The highest BCUT2D eigenvalue weighted by molar-refractivity contribution is 7.99. The predicted molar refractivity (Wildman–Crippen MR) is 131 cm³/mol. The van der Waals surface area contributed by atoms with Gasteiger partial charge in [0.1, 0.15) is 11.9 Å². The van der Waals surface area contributed by atoms with E-state index in [4.69, 9.17) is 4.98 Å². The Morgan fingerprint density at radius 2 is 1.88 bits per heavy atom. The Bertz CT molecular complexity index is 1020. The van der Waals surface area contributed by atoms with Gasteiger partial charge in [0.15, 0.2) is 0 Å². The summed E-state index contributed by atoms with van der Waals surface area (Å²) in [6.45, 7) is 9.42. The molecule has 1 saturated heterocycles. The van der Waals surface area contributed by atoms with Crippen LogP contribution in [0.1, 0.15) is 66.4 Å². The largest absolute Gasteiger partial charge is 0.352 e. The van der Waals surface area contributed by atoms with Gasteiger partial charge >= 0.3 is 0 Å². The number of amides is 1. The second-order valence-corrected chi connectivity index (χ2v) is 11.0. The van der Waals surface area contributed by atoms with Crippen molar-refractivity contribution in [2.24, 2.45) is 0 Å². The Labute approximate surface area is 195 Å². The maximum Gasteiger partial charge on any atom is 0.253 e. The number of fused-ring (bicyclic) bond motifs is 1. The second-order valence-electron chi connectivity index (χ2n) is 9.30. The number of aromatic nitrogens is 1. The highest BCUT2D eigenvalue weighted by Crippen LogP contribution is 2.42. The third-order valence-corrected chi connectivity index (χ3v) is 7.81. The van der Waals surface area contributed by atoms with Crippen molar-refractivity contribution >= 4 is 23.5 Å². The molecule has 5 nitrogen and oxygen atoms in total. The highest BCUT2D eigenvalue weighted by atomic mass is 32.2. The summed E-state index contributed by atoms with van der Waals surface area (Å²) in [7, 11) is 0. The number of nitriles is 1. The van der Waals surface area contributed by atoms with Gasteiger partial charge < -0.3 is 9.80 Å². The van der Waals surface area contributed by atoms with Crippen molar-refractivity contribution in [1.82, 2.24) is 9.88 Å². The molecule has 2 aliphatic rings. The number of carbonyl (C=O) groups excluding carboxylic acids is 1. The van der Waals surface area contributed by atoms with Crippen LogP contribution in [0.3, 0.4) is 0 Å². The number of hydrogen-bond donors (Lipinski definition) is 0. The lowest BCUT2D eigenvalue weighted by Crippen LogP contribution is -2.49. The predicted octanol–water partition coefficient (Wildman–Crippen LogP) is 4.83. The molecule has 1 aromatic carbocycles. The summed E-state index contributed by atoms with van der Waals surface area (Å²) in [4.78, 5) is 22.0. The minimum Gasteiger partial charge on any atom is -0.352 e. The summed E-state index contributed by atoms with van der Waals surface area (Å²) in [5.41, 5.74) is 5.14. The fraction of sp³-hybridized carbons (Fsp3) is 0.500. The first-order chi connectivity index (χ1) is 15.4. The molecule has 0 bridgehead atoms. The van der Waals surface area contributed by atoms with Crippen molar-refractivity contribution in [1.29, 1.82) is 5.26 Å². The van der Waals surface area contributed by atoms with Gasteiger partial charge in [-0.2, -0.15) is 17.0 Å². The van der Waals surface area contributed by atoms with Gasteiger partial charge in [0.2, 0.25) is 0 Å². The number of aryl methyl sites for hydroxylation is 1. The molecule has 0 aliphatic carbocycles. The number of thioether (sulfide) groups is 1. The van der Waals surface area contributed by atoms with Gasteiger partial charge in [-0.05, 0) is 42.5 Å². The van der Waals surface area contributed by atoms with Crippen LogP contribution in [0, 0.1) is 11.3 Å². The monoisotopic (exact) mass is 448 g/mol. The number of benzene rings is 1. The van der Waals surface area contributed by atoms with Crippen molar-refractivity contribution in [3.63, 3.8) is 0 Å². The van der Waals surface area contributed by atoms with E-state index in [2.05, 4.69) is 31.7 Å². The summed E-state index contributed by atoms with van der Waals surface area (Å²) < 4.78 is 0.125. The van der Waals surface area contributed by atoms with E-state index < -0.39 is 0 Å². The molecule has 6 heteroatoms. The molecule has 4 rings (SSSR count). The number of unbranched alkanes of at least 4 members (excludes halogenated alkanes) is 1. The molecule has 2 aromatic rings. The minimum absolute atomic E-state index is 0.0755. The molecule has 3 heterocycles. The van der Waals surface area contributed by atoms with Crippen LogP contribution in [0.15, 0.2) is 30.3 Å². The average molecular weight is 449 g/mol. The molecule has 0 radical (unpaired) electrons. The number of carbonyl (C=O) groups is 1. The van der Waals surface area contributed by atoms with Crippen molar-refractivity contribution in [3.05, 3.63) is 58.3 Å². The van der Waals surface area contributed by atoms with E-state index in [1.54, 1.807) is 0 Å². The number of hydrogen-bond acceptors (Lipinski definition) is 5. The lowest BCUT2D eigenvalue weighted by molar-refractivity contribution is 0.0746. The first kappa shape index (κ1) is 22.7. The molecule has 0 N–H and O–H groups in total. The Kier molecular flexibility index (Phi) is 6.76. The van der Waals surface area contributed by atoms with E-state index in [1.807, 2.05) is 47.0 Å². The average Bonchev–Trinajstić information content (AvgIpc) is 2.81. The van der Waals surface area contributed by atoms with Gasteiger partial charge in [-0.15, -0.1) is 0 Å². The second kappa shape index (κ2) is 9.54. The molecule has 0 spiro atoms. The number of piperazine rings is 1. The van der Waals surface area contributed by atoms with Crippen molar-refractivity contribution in [2.75, 3.05) is 31.1 Å². The van der Waals surface area contributed by atoms with Gasteiger partial charge in [0, 0.05) is 47.9 Å². The lowest BCUT2D eigenvalue weighted by atomic mass is 9.91. The summed E-state index contributed by atoms with van der Waals surface area (Å²) in [5, 5.41) is 10.1. The molecule has 32 heavy (non-hydrogen) atoms. The van der Waals surface area contributed by atoms with Crippen LogP contribution < -0.4 is 4.90 Å². The molecular weight excluding hydrogens is 416 g/mol. The van der Waals surface area contributed by atoms with Gasteiger partial charge in [-0.25, -0.2) is 4.98 Å². The van der Waals surface area contributed by atoms with Crippen LogP contribution in [0.2, 0.25) is 0 Å². The zero-order chi connectivity index (χ0) is 22.7. The topological polar surface area (TPSA) is 60.2 Å². The maximum atomic E-state index is 12.8. The molecule has 0 unspecified atom stereocenters. The number of nitrogens with zero attached hydrogens (tertiary/aromatic N) is 4. The fourth-order valence-corrected chi connectivity index (χ4v) is 5.73. The van der Waals surface area contributed by atoms with Crippen LogP contribution in [-0.4, -0.2) is 46.7 Å². The SMILES string of the molecule is CCCCc1nc(N2CCN(C(=O)c3ccccc3)CC2)c(C#N)c2c1CSC(C)(C)C2. The van der Waals surface area contributed by atoms with E-state index in [-0.39, 0.29) is 10.7 Å². The van der Waals surface area contributed by atoms with Gasteiger partial charge in [-0.3, -0.25) is 4.79 Å². The van der Waals surface area contributed by atoms with Crippen LogP contribution in [0.4, 0.5) is 5.82 Å². The summed E-state index contributed by atoms with van der Waals surface area (Å²) in [6.07, 6.45) is 4.10. The molecule has 1 aromatic heterocycles. The third-order valence-electron chi connectivity index (χ3n) is 6.45. The standard InChI is InChI=1S/C26H32N4OS/c1-4-5-11-23-22-18-32-26(2,3)16-20(22)21(17-27)24(28-23)29-12-14-30(15-13-29)25(31)19-9-7-6-8-10-19/h6-10H,4-5,11-16,18H2,1-3H3. The summed E-state index contributed by atoms with van der Waals surface area (Å²) in [5.74, 6) is 1.83. The van der Waals surface area contributed by atoms with Crippen molar-refractivity contribution in [2.45, 2.75) is 57.0 Å². The van der Waals surface area contributed by atoms with Crippen LogP contribution in [0.5, 0.6) is 0 Å². The van der Waals surface area contributed by atoms with Crippen LogP contribution in [0.25, 0.3) is 0 Å². The quantitative estimate of drug-likeness (QED) is 0.656. The van der Waals surface area contributed by atoms with Gasteiger partial charge in [0.05, 0.1) is 5.56 Å². The van der Waals surface area contributed by atoms with Crippen LogP contribution in [-0.2, 0) is 18.6 Å². The van der Waals surface area contributed by atoms with Crippen LogP contribution >= 0.6 is 11.8 Å². The van der Waals surface area contributed by atoms with Crippen molar-refractivity contribution < 1.29 is 4.79 Å². The lowest BCUT2D eigenvalue weighted by Gasteiger charge is -2.38. The molecule has 168 valence electrons. The maximum absolute atomic E-state index is 12.8.